The third-order valence-corrected chi connectivity index (χ3v) is 3.61. The van der Waals surface area contributed by atoms with Crippen molar-refractivity contribution in [1.82, 2.24) is 5.32 Å². The highest BCUT2D eigenvalue weighted by Crippen LogP contribution is 2.43. The Balaban J connectivity index is 2.03. The maximum atomic E-state index is 9.23. The van der Waals surface area contributed by atoms with Gasteiger partial charge in [-0.25, -0.2) is 0 Å². The first-order valence-corrected chi connectivity index (χ1v) is 5.24. The van der Waals surface area contributed by atoms with Crippen molar-refractivity contribution in [2.24, 2.45) is 0 Å². The quantitative estimate of drug-likeness (QED) is 0.679. The molecular formula is C10H19NO2. The second kappa shape index (κ2) is 3.23. The minimum atomic E-state index is -0.183. The number of likely N-dealkylation sites (N-methyl/N-ethyl adjacent to an activating group) is 1. The third-order valence-electron chi connectivity index (χ3n) is 3.61. The monoisotopic (exact) mass is 185 g/mol. The summed E-state index contributed by atoms with van der Waals surface area (Å²) in [6, 6.07) is 0. The minimum Gasteiger partial charge on any atom is -0.393 e. The van der Waals surface area contributed by atoms with Crippen molar-refractivity contribution in [1.29, 1.82) is 0 Å². The van der Waals surface area contributed by atoms with E-state index in [9.17, 15) is 5.11 Å². The molecule has 0 amide bonds. The van der Waals surface area contributed by atoms with Gasteiger partial charge in [0.15, 0.2) is 0 Å². The summed E-state index contributed by atoms with van der Waals surface area (Å²) in [5, 5.41) is 12.8. The Kier molecular flexibility index (Phi) is 2.34. The average molecular weight is 185 g/mol. The van der Waals surface area contributed by atoms with Crippen LogP contribution in [0.5, 0.6) is 0 Å². The number of aliphatic hydroxyl groups excluding tert-OH is 1. The zero-order valence-electron chi connectivity index (χ0n) is 8.31. The van der Waals surface area contributed by atoms with Gasteiger partial charge in [0.05, 0.1) is 18.8 Å². The molecule has 3 rings (SSSR count). The highest BCUT2D eigenvalue weighted by molar-refractivity contribution is 5.03. The zero-order valence-corrected chi connectivity index (χ0v) is 8.31. The number of ether oxygens (including phenoxy) is 1. The largest absolute Gasteiger partial charge is 0.393 e. The predicted molar refractivity (Wildman–Crippen MR) is 50.6 cm³/mol. The molecule has 2 heterocycles. The second-order valence-corrected chi connectivity index (χ2v) is 4.44. The number of rotatable bonds is 3. The van der Waals surface area contributed by atoms with E-state index in [-0.39, 0.29) is 17.7 Å². The molecule has 2 saturated heterocycles. The lowest BCUT2D eigenvalue weighted by atomic mass is 9.71. The molecule has 3 aliphatic rings. The molecule has 1 aliphatic carbocycles. The fraction of sp³-hybridized carbons (Fsp3) is 1.00. The summed E-state index contributed by atoms with van der Waals surface area (Å²) < 4.78 is 5.76. The first-order valence-electron chi connectivity index (χ1n) is 5.24. The van der Waals surface area contributed by atoms with Crippen LogP contribution in [0.3, 0.4) is 0 Å². The van der Waals surface area contributed by atoms with Crippen molar-refractivity contribution in [3.8, 4) is 0 Å². The fourth-order valence-electron chi connectivity index (χ4n) is 2.57. The normalized spacial score (nSPS) is 43.8. The molecule has 0 atom stereocenters. The van der Waals surface area contributed by atoms with Crippen molar-refractivity contribution < 1.29 is 9.84 Å². The van der Waals surface area contributed by atoms with Crippen LogP contribution in [0.15, 0.2) is 0 Å². The number of hydrogen-bond acceptors (Lipinski definition) is 3. The topological polar surface area (TPSA) is 41.5 Å². The summed E-state index contributed by atoms with van der Waals surface area (Å²) in [5.41, 5.74) is 0.0445. The molecule has 0 unspecified atom stereocenters. The molecule has 3 heteroatoms. The Hall–Kier alpha value is -0.120. The fourth-order valence-corrected chi connectivity index (χ4v) is 2.57. The van der Waals surface area contributed by atoms with Crippen LogP contribution >= 0.6 is 0 Å². The van der Waals surface area contributed by atoms with Gasteiger partial charge in [-0.2, -0.15) is 0 Å². The van der Waals surface area contributed by atoms with Crippen molar-refractivity contribution in [2.45, 2.75) is 43.7 Å². The molecule has 0 spiro atoms. The van der Waals surface area contributed by atoms with E-state index in [0.29, 0.717) is 0 Å². The van der Waals surface area contributed by atoms with Gasteiger partial charge >= 0.3 is 0 Å². The molecule has 2 aliphatic heterocycles. The van der Waals surface area contributed by atoms with E-state index in [4.69, 9.17) is 4.74 Å². The van der Waals surface area contributed by atoms with Gasteiger partial charge in [0.1, 0.15) is 0 Å². The van der Waals surface area contributed by atoms with E-state index in [1.165, 1.54) is 0 Å². The number of hydrogen-bond donors (Lipinski definition) is 2. The third kappa shape index (κ3) is 1.49. The maximum absolute atomic E-state index is 9.23. The summed E-state index contributed by atoms with van der Waals surface area (Å²) in [6.07, 6.45) is 4.33. The van der Waals surface area contributed by atoms with Gasteiger partial charge in [-0.3, -0.25) is 0 Å². The first-order chi connectivity index (χ1) is 6.24. The summed E-state index contributed by atoms with van der Waals surface area (Å²) in [4.78, 5) is 0. The number of nitrogens with one attached hydrogen (secondary N) is 1. The molecule has 0 aromatic carbocycles. The van der Waals surface area contributed by atoms with Gasteiger partial charge in [0.2, 0.25) is 0 Å². The highest BCUT2D eigenvalue weighted by atomic mass is 16.5. The summed E-state index contributed by atoms with van der Waals surface area (Å²) >= 11 is 0. The van der Waals surface area contributed by atoms with Crippen LogP contribution in [0.4, 0.5) is 0 Å². The van der Waals surface area contributed by atoms with Gasteiger partial charge in [0, 0.05) is 5.54 Å². The maximum Gasteiger partial charge on any atom is 0.0914 e. The molecule has 3 nitrogen and oxygen atoms in total. The summed E-state index contributed by atoms with van der Waals surface area (Å²) in [5.74, 6) is 0. The van der Waals surface area contributed by atoms with Crippen molar-refractivity contribution in [3.63, 3.8) is 0 Å². The predicted octanol–water partition coefficient (Wildman–Crippen LogP) is 0.670. The van der Waals surface area contributed by atoms with Crippen molar-refractivity contribution in [3.05, 3.63) is 0 Å². The van der Waals surface area contributed by atoms with E-state index >= 15 is 0 Å². The second-order valence-electron chi connectivity index (χ2n) is 4.44. The van der Waals surface area contributed by atoms with Gasteiger partial charge < -0.3 is 15.2 Å². The van der Waals surface area contributed by atoms with Crippen LogP contribution in [0.1, 0.15) is 32.6 Å². The Morgan fingerprint density at radius 3 is 2.38 bits per heavy atom. The lowest BCUT2D eigenvalue weighted by Gasteiger charge is -2.52. The van der Waals surface area contributed by atoms with E-state index in [0.717, 1.165) is 38.8 Å². The zero-order chi connectivity index (χ0) is 9.36. The first kappa shape index (κ1) is 9.44. The summed E-state index contributed by atoms with van der Waals surface area (Å²) in [7, 11) is 0. The van der Waals surface area contributed by atoms with E-state index < -0.39 is 0 Å². The van der Waals surface area contributed by atoms with E-state index in [1.807, 2.05) is 0 Å². The standard InChI is InChI=1S/C10H19NO2/c1-2-11-9-3-5-10(7-12,6-4-9)13-8-9/h11-12H,2-8H2,1H3. The highest BCUT2D eigenvalue weighted by Gasteiger charge is 2.48. The Morgan fingerprint density at radius 1 is 1.31 bits per heavy atom. The molecule has 3 fully saturated rings. The van der Waals surface area contributed by atoms with E-state index in [1.54, 1.807) is 0 Å². The van der Waals surface area contributed by atoms with Crippen LogP contribution in [0, 0.1) is 0 Å². The number of fused-ring (bicyclic) bond motifs is 3. The molecular weight excluding hydrogens is 166 g/mol. The van der Waals surface area contributed by atoms with Crippen molar-refractivity contribution >= 4 is 0 Å². The lowest BCUT2D eigenvalue weighted by molar-refractivity contribution is -0.179. The molecule has 0 aromatic heterocycles. The Labute approximate surface area is 79.5 Å². The summed E-state index contributed by atoms with van der Waals surface area (Å²) in [6.45, 7) is 4.11. The molecule has 2 N–H and O–H groups in total. The van der Waals surface area contributed by atoms with Gasteiger partial charge in [0.25, 0.3) is 0 Å². The van der Waals surface area contributed by atoms with Crippen LogP contribution in [-0.2, 0) is 4.74 Å². The smallest absolute Gasteiger partial charge is 0.0914 e. The molecule has 76 valence electrons. The minimum absolute atomic E-state index is 0.183. The van der Waals surface area contributed by atoms with Gasteiger partial charge in [-0.15, -0.1) is 0 Å². The Bertz CT molecular complexity index is 169. The van der Waals surface area contributed by atoms with Crippen molar-refractivity contribution in [2.75, 3.05) is 19.8 Å². The SMILES string of the molecule is CCNC12CCC(CO)(CC1)OC2. The van der Waals surface area contributed by atoms with Crippen LogP contribution in [0.25, 0.3) is 0 Å². The molecule has 0 aromatic rings. The molecule has 1 saturated carbocycles. The van der Waals surface area contributed by atoms with Gasteiger partial charge in [-0.1, -0.05) is 6.92 Å². The van der Waals surface area contributed by atoms with E-state index in [2.05, 4.69) is 12.2 Å². The molecule has 2 bridgehead atoms. The van der Waals surface area contributed by atoms with Crippen LogP contribution in [-0.4, -0.2) is 36.0 Å². The van der Waals surface area contributed by atoms with Gasteiger partial charge in [-0.05, 0) is 32.2 Å². The van der Waals surface area contributed by atoms with Crippen LogP contribution in [0.2, 0.25) is 0 Å². The number of aliphatic hydroxyl groups is 1. The average Bonchev–Trinajstić information content (AvgIpc) is 2.21. The molecule has 13 heavy (non-hydrogen) atoms. The molecule has 0 radical (unpaired) electrons. The lowest BCUT2D eigenvalue weighted by Crippen LogP contribution is -2.62. The van der Waals surface area contributed by atoms with Crippen LogP contribution < -0.4 is 5.32 Å². The Morgan fingerprint density at radius 2 is 2.00 bits per heavy atom.